The van der Waals surface area contributed by atoms with Crippen LogP contribution in [0.3, 0.4) is 0 Å². The van der Waals surface area contributed by atoms with Crippen molar-refractivity contribution in [3.63, 3.8) is 0 Å². The molecule has 1 saturated heterocycles. The van der Waals surface area contributed by atoms with Crippen LogP contribution >= 0.6 is 0 Å². The minimum absolute atomic E-state index is 0.0925. The van der Waals surface area contributed by atoms with Gasteiger partial charge in [0.05, 0.1) is 0 Å². The summed E-state index contributed by atoms with van der Waals surface area (Å²) in [6.07, 6.45) is 3.70. The van der Waals surface area contributed by atoms with Gasteiger partial charge in [-0.1, -0.05) is 18.2 Å². The third-order valence-corrected chi connectivity index (χ3v) is 4.80. The molecule has 0 saturated carbocycles. The van der Waals surface area contributed by atoms with E-state index < -0.39 is 0 Å². The second kappa shape index (κ2) is 6.69. The van der Waals surface area contributed by atoms with Crippen molar-refractivity contribution in [2.24, 2.45) is 0 Å². The minimum atomic E-state index is 0.0925. The number of fused-ring (bicyclic) bond motifs is 1. The van der Waals surface area contributed by atoms with E-state index in [0.29, 0.717) is 5.69 Å². The van der Waals surface area contributed by atoms with Crippen LogP contribution in [0.15, 0.2) is 48.8 Å². The first-order valence-electron chi connectivity index (χ1n) is 8.69. The molecule has 25 heavy (non-hydrogen) atoms. The van der Waals surface area contributed by atoms with Crippen LogP contribution in [0.5, 0.6) is 0 Å². The third-order valence-electron chi connectivity index (χ3n) is 4.80. The first kappa shape index (κ1) is 15.8. The molecular weight excluding hydrogens is 312 g/mol. The molecular formula is C20H22N4O. The number of aromatic nitrogens is 2. The molecule has 0 spiro atoms. The van der Waals surface area contributed by atoms with Gasteiger partial charge >= 0.3 is 0 Å². The summed E-state index contributed by atoms with van der Waals surface area (Å²) in [6, 6.07) is 12.2. The smallest absolute Gasteiger partial charge is 0.270 e. The fraction of sp³-hybridized carbons (Fsp3) is 0.300. The summed E-state index contributed by atoms with van der Waals surface area (Å²) in [6.45, 7) is 6.24. The van der Waals surface area contributed by atoms with Gasteiger partial charge in [-0.25, -0.2) is 0 Å². The maximum absolute atomic E-state index is 12.8. The van der Waals surface area contributed by atoms with Crippen molar-refractivity contribution in [1.29, 1.82) is 0 Å². The molecule has 5 nitrogen and oxygen atoms in total. The van der Waals surface area contributed by atoms with Crippen LogP contribution in [0.4, 0.5) is 0 Å². The van der Waals surface area contributed by atoms with Crippen molar-refractivity contribution in [3.05, 3.63) is 65.6 Å². The molecule has 4 rings (SSSR count). The predicted octanol–water partition coefficient (Wildman–Crippen LogP) is 2.83. The SMILES string of the molecule is Cc1ccc2cc(C(=O)N3CCN(Cc4cccnc4)CC3)[nH]c2c1. The Kier molecular flexibility index (Phi) is 4.24. The number of carbonyl (C=O) groups is 1. The molecule has 1 aromatic carbocycles. The van der Waals surface area contributed by atoms with Gasteiger partial charge in [0.15, 0.2) is 0 Å². The lowest BCUT2D eigenvalue weighted by molar-refractivity contribution is 0.0623. The quantitative estimate of drug-likeness (QED) is 0.801. The number of benzene rings is 1. The topological polar surface area (TPSA) is 52.2 Å². The van der Waals surface area contributed by atoms with Crippen molar-refractivity contribution in [3.8, 4) is 0 Å². The number of aromatic amines is 1. The molecule has 3 aromatic rings. The van der Waals surface area contributed by atoms with Crippen LogP contribution < -0.4 is 0 Å². The second-order valence-corrected chi connectivity index (χ2v) is 6.70. The first-order valence-corrected chi connectivity index (χ1v) is 8.69. The summed E-state index contributed by atoms with van der Waals surface area (Å²) in [4.78, 5) is 24.5. The van der Waals surface area contributed by atoms with E-state index in [1.807, 2.05) is 23.2 Å². The number of nitrogens with zero attached hydrogens (tertiary/aromatic N) is 3. The molecule has 1 aliphatic heterocycles. The Morgan fingerprint density at radius 1 is 1.16 bits per heavy atom. The van der Waals surface area contributed by atoms with E-state index in [2.05, 4.69) is 46.1 Å². The van der Waals surface area contributed by atoms with Gasteiger partial charge in [-0.05, 0) is 36.2 Å². The Balaban J connectivity index is 1.40. The van der Waals surface area contributed by atoms with Gasteiger partial charge in [0.1, 0.15) is 5.69 Å². The van der Waals surface area contributed by atoms with Gasteiger partial charge in [0, 0.05) is 56.0 Å². The third kappa shape index (κ3) is 3.42. The first-order chi connectivity index (χ1) is 12.2. The number of amides is 1. The molecule has 128 valence electrons. The van der Waals surface area contributed by atoms with E-state index in [9.17, 15) is 4.79 Å². The van der Waals surface area contributed by atoms with Crippen molar-refractivity contribution >= 4 is 16.8 Å². The molecule has 0 atom stereocenters. The highest BCUT2D eigenvalue weighted by Crippen LogP contribution is 2.19. The van der Waals surface area contributed by atoms with Crippen LogP contribution in [0.25, 0.3) is 10.9 Å². The minimum Gasteiger partial charge on any atom is -0.351 e. The highest BCUT2D eigenvalue weighted by atomic mass is 16.2. The molecule has 3 heterocycles. The maximum Gasteiger partial charge on any atom is 0.270 e. The van der Waals surface area contributed by atoms with Gasteiger partial charge < -0.3 is 9.88 Å². The molecule has 1 amide bonds. The number of aryl methyl sites for hydroxylation is 1. The zero-order valence-corrected chi connectivity index (χ0v) is 14.4. The standard InChI is InChI=1S/C20H22N4O/c1-15-4-5-17-12-19(22-18(17)11-15)20(25)24-9-7-23(8-10-24)14-16-3-2-6-21-13-16/h2-6,11-13,22H,7-10,14H2,1H3. The van der Waals surface area contributed by atoms with Gasteiger partial charge in [0.2, 0.25) is 0 Å². The van der Waals surface area contributed by atoms with Crippen molar-refractivity contribution in [1.82, 2.24) is 19.8 Å². The molecule has 0 unspecified atom stereocenters. The van der Waals surface area contributed by atoms with Gasteiger partial charge in [-0.3, -0.25) is 14.7 Å². The zero-order chi connectivity index (χ0) is 17.2. The zero-order valence-electron chi connectivity index (χ0n) is 14.4. The van der Waals surface area contributed by atoms with Crippen LogP contribution in [0.2, 0.25) is 0 Å². The Morgan fingerprint density at radius 2 is 2.00 bits per heavy atom. The number of carbonyl (C=O) groups excluding carboxylic acids is 1. The summed E-state index contributed by atoms with van der Waals surface area (Å²) < 4.78 is 0. The Hall–Kier alpha value is -2.66. The maximum atomic E-state index is 12.8. The number of nitrogens with one attached hydrogen (secondary N) is 1. The lowest BCUT2D eigenvalue weighted by atomic mass is 10.2. The van der Waals surface area contributed by atoms with E-state index in [0.717, 1.165) is 43.6 Å². The fourth-order valence-corrected chi connectivity index (χ4v) is 3.39. The van der Waals surface area contributed by atoms with Gasteiger partial charge in [-0.2, -0.15) is 0 Å². The Morgan fingerprint density at radius 3 is 2.76 bits per heavy atom. The Bertz CT molecular complexity index is 879. The number of piperazine rings is 1. The molecule has 0 bridgehead atoms. The van der Waals surface area contributed by atoms with E-state index in [1.54, 1.807) is 6.20 Å². The summed E-state index contributed by atoms with van der Waals surface area (Å²) in [5.74, 6) is 0.0925. The summed E-state index contributed by atoms with van der Waals surface area (Å²) in [5, 5.41) is 1.09. The fourth-order valence-electron chi connectivity index (χ4n) is 3.39. The van der Waals surface area contributed by atoms with E-state index in [-0.39, 0.29) is 5.91 Å². The average molecular weight is 334 g/mol. The molecule has 1 aliphatic rings. The van der Waals surface area contributed by atoms with Crippen molar-refractivity contribution in [2.75, 3.05) is 26.2 Å². The lowest BCUT2D eigenvalue weighted by Gasteiger charge is -2.34. The monoisotopic (exact) mass is 334 g/mol. The predicted molar refractivity (Wildman–Crippen MR) is 98.5 cm³/mol. The van der Waals surface area contributed by atoms with Crippen molar-refractivity contribution in [2.45, 2.75) is 13.5 Å². The lowest BCUT2D eigenvalue weighted by Crippen LogP contribution is -2.48. The highest BCUT2D eigenvalue weighted by Gasteiger charge is 2.23. The summed E-state index contributed by atoms with van der Waals surface area (Å²) in [5.41, 5.74) is 4.12. The van der Waals surface area contributed by atoms with Gasteiger partial charge in [0.25, 0.3) is 5.91 Å². The molecule has 0 aliphatic carbocycles. The summed E-state index contributed by atoms with van der Waals surface area (Å²) >= 11 is 0. The largest absolute Gasteiger partial charge is 0.351 e. The van der Waals surface area contributed by atoms with Crippen molar-refractivity contribution < 1.29 is 4.79 Å². The van der Waals surface area contributed by atoms with Gasteiger partial charge in [-0.15, -0.1) is 0 Å². The number of hydrogen-bond acceptors (Lipinski definition) is 3. The summed E-state index contributed by atoms with van der Waals surface area (Å²) in [7, 11) is 0. The highest BCUT2D eigenvalue weighted by molar-refractivity contribution is 5.98. The molecule has 1 fully saturated rings. The van der Waals surface area contributed by atoms with Crippen LogP contribution in [-0.4, -0.2) is 51.9 Å². The van der Waals surface area contributed by atoms with E-state index >= 15 is 0 Å². The number of hydrogen-bond donors (Lipinski definition) is 1. The number of rotatable bonds is 3. The molecule has 0 radical (unpaired) electrons. The normalized spacial score (nSPS) is 15.6. The second-order valence-electron chi connectivity index (χ2n) is 6.70. The van der Waals surface area contributed by atoms with Crippen LogP contribution in [-0.2, 0) is 6.54 Å². The molecule has 5 heteroatoms. The van der Waals surface area contributed by atoms with E-state index in [1.165, 1.54) is 11.1 Å². The number of pyridine rings is 1. The van der Waals surface area contributed by atoms with E-state index in [4.69, 9.17) is 0 Å². The Labute approximate surface area is 147 Å². The van der Waals surface area contributed by atoms with Crippen LogP contribution in [0.1, 0.15) is 21.6 Å². The van der Waals surface area contributed by atoms with Crippen LogP contribution in [0, 0.1) is 6.92 Å². The molecule has 2 aromatic heterocycles. The number of H-pyrrole nitrogens is 1. The molecule has 1 N–H and O–H groups in total. The average Bonchev–Trinajstić information content (AvgIpc) is 3.06.